The van der Waals surface area contributed by atoms with Crippen molar-refractivity contribution in [3.63, 3.8) is 0 Å². The molecule has 0 aliphatic rings. The largest absolute Gasteiger partial charge is 0.496 e. The molecule has 8 nitrogen and oxygen atoms in total. The second-order valence-electron chi connectivity index (χ2n) is 5.33. The minimum Gasteiger partial charge on any atom is -0.496 e. The van der Waals surface area contributed by atoms with Crippen molar-refractivity contribution in [2.45, 2.75) is 12.5 Å². The Balaban J connectivity index is 2.26. The van der Waals surface area contributed by atoms with Crippen molar-refractivity contribution in [3.8, 4) is 5.75 Å². The van der Waals surface area contributed by atoms with E-state index in [2.05, 4.69) is 5.32 Å². The van der Waals surface area contributed by atoms with Crippen molar-refractivity contribution >= 4 is 17.6 Å². The van der Waals surface area contributed by atoms with Gasteiger partial charge in [0.25, 0.3) is 11.6 Å². The molecular weight excluding hydrogens is 347 g/mol. The van der Waals surface area contributed by atoms with Crippen LogP contribution in [0.1, 0.15) is 15.9 Å². The van der Waals surface area contributed by atoms with Crippen molar-refractivity contribution in [2.24, 2.45) is 0 Å². The van der Waals surface area contributed by atoms with E-state index in [0.717, 1.165) is 12.1 Å². The van der Waals surface area contributed by atoms with Gasteiger partial charge in [-0.15, -0.1) is 0 Å². The number of carbonyl (C=O) groups is 2. The van der Waals surface area contributed by atoms with Crippen LogP contribution in [-0.4, -0.2) is 35.1 Å². The van der Waals surface area contributed by atoms with Gasteiger partial charge in [-0.2, -0.15) is 0 Å². The summed E-state index contributed by atoms with van der Waals surface area (Å²) in [4.78, 5) is 33.9. The van der Waals surface area contributed by atoms with Crippen LogP contribution in [0.25, 0.3) is 0 Å². The Hall–Kier alpha value is -3.49. The molecule has 0 heterocycles. The van der Waals surface area contributed by atoms with E-state index in [1.165, 1.54) is 37.4 Å². The Labute approximate surface area is 147 Å². The molecule has 1 amide bonds. The highest BCUT2D eigenvalue weighted by Crippen LogP contribution is 2.25. The number of nitrogens with zero attached hydrogens (tertiary/aromatic N) is 1. The average molecular weight is 362 g/mol. The van der Waals surface area contributed by atoms with Gasteiger partial charge in [0.15, 0.2) is 0 Å². The first-order chi connectivity index (χ1) is 12.3. The third-order valence-electron chi connectivity index (χ3n) is 3.59. The number of methoxy groups -OCH3 is 1. The van der Waals surface area contributed by atoms with Crippen molar-refractivity contribution < 1.29 is 28.7 Å². The molecule has 0 bridgehead atoms. The van der Waals surface area contributed by atoms with Gasteiger partial charge in [0.2, 0.25) is 0 Å². The fraction of sp³-hybridized carbons (Fsp3) is 0.176. The Morgan fingerprint density at radius 1 is 1.31 bits per heavy atom. The van der Waals surface area contributed by atoms with Crippen LogP contribution < -0.4 is 10.1 Å². The number of hydrogen-bond acceptors (Lipinski definition) is 5. The highest BCUT2D eigenvalue weighted by atomic mass is 19.1. The van der Waals surface area contributed by atoms with Gasteiger partial charge in [0.05, 0.1) is 12.0 Å². The lowest BCUT2D eigenvalue weighted by Gasteiger charge is -2.16. The third-order valence-corrected chi connectivity index (χ3v) is 3.59. The molecule has 26 heavy (non-hydrogen) atoms. The fourth-order valence-electron chi connectivity index (χ4n) is 2.33. The number of nitro groups is 1. The summed E-state index contributed by atoms with van der Waals surface area (Å²) in [6.45, 7) is 0. The maximum absolute atomic E-state index is 13.2. The number of aliphatic carboxylic acids is 1. The molecule has 0 aliphatic heterocycles. The molecular formula is C17H15FN2O6. The van der Waals surface area contributed by atoms with Gasteiger partial charge in [0.1, 0.15) is 17.6 Å². The first-order valence-corrected chi connectivity index (χ1v) is 7.42. The molecule has 2 N–H and O–H groups in total. The topological polar surface area (TPSA) is 119 Å². The van der Waals surface area contributed by atoms with Gasteiger partial charge in [-0.25, -0.2) is 9.18 Å². The Bertz CT molecular complexity index is 855. The van der Waals surface area contributed by atoms with E-state index >= 15 is 0 Å². The molecule has 9 heteroatoms. The number of carbonyl (C=O) groups excluding carboxylic acids is 1. The van der Waals surface area contributed by atoms with Crippen LogP contribution in [0.4, 0.5) is 10.1 Å². The predicted octanol–water partition coefficient (Wildman–Crippen LogP) is 2.17. The van der Waals surface area contributed by atoms with Gasteiger partial charge in [-0.1, -0.05) is 6.07 Å². The van der Waals surface area contributed by atoms with Crippen LogP contribution in [0, 0.1) is 15.9 Å². The Kier molecular flexibility index (Phi) is 5.84. The summed E-state index contributed by atoms with van der Waals surface area (Å²) in [6.07, 6.45) is -0.249. The summed E-state index contributed by atoms with van der Waals surface area (Å²) in [5, 5.41) is 22.6. The summed E-state index contributed by atoms with van der Waals surface area (Å²) in [6, 6.07) is 7.16. The lowest BCUT2D eigenvalue weighted by Crippen LogP contribution is -2.42. The maximum atomic E-state index is 13.2. The molecule has 2 rings (SSSR count). The molecule has 2 aromatic rings. The van der Waals surface area contributed by atoms with E-state index in [4.69, 9.17) is 4.74 Å². The van der Waals surface area contributed by atoms with Crippen molar-refractivity contribution in [3.05, 3.63) is 69.5 Å². The van der Waals surface area contributed by atoms with Gasteiger partial charge in [0, 0.05) is 29.7 Å². The number of rotatable bonds is 7. The normalized spacial score (nSPS) is 11.5. The molecule has 136 valence electrons. The van der Waals surface area contributed by atoms with E-state index in [1.54, 1.807) is 0 Å². The van der Waals surface area contributed by atoms with E-state index in [-0.39, 0.29) is 29.0 Å². The molecule has 0 unspecified atom stereocenters. The summed E-state index contributed by atoms with van der Waals surface area (Å²) >= 11 is 0. The first kappa shape index (κ1) is 18.8. The molecule has 0 fully saturated rings. The van der Waals surface area contributed by atoms with Gasteiger partial charge in [-0.05, 0) is 24.3 Å². The Morgan fingerprint density at radius 2 is 2.04 bits per heavy atom. The number of nitrogens with one attached hydrogen (secondary N) is 1. The van der Waals surface area contributed by atoms with Gasteiger partial charge in [-0.3, -0.25) is 14.9 Å². The minimum absolute atomic E-state index is 0.0396. The van der Waals surface area contributed by atoms with Crippen molar-refractivity contribution in [2.75, 3.05) is 7.11 Å². The Morgan fingerprint density at radius 3 is 2.62 bits per heavy atom. The minimum atomic E-state index is -1.39. The van der Waals surface area contributed by atoms with Crippen LogP contribution in [0.15, 0.2) is 42.5 Å². The summed E-state index contributed by atoms with van der Waals surface area (Å²) in [5.41, 5.74) is -0.0303. The highest BCUT2D eigenvalue weighted by molar-refractivity contribution is 5.96. The van der Waals surface area contributed by atoms with Crippen molar-refractivity contribution in [1.29, 1.82) is 0 Å². The number of ether oxygens (including phenoxy) is 1. The summed E-state index contributed by atoms with van der Waals surface area (Å²) in [7, 11) is 1.34. The zero-order valence-electron chi connectivity index (χ0n) is 13.6. The van der Waals surface area contributed by atoms with E-state index in [0.29, 0.717) is 0 Å². The molecule has 2 aromatic carbocycles. The number of carboxylic acids is 1. The first-order valence-electron chi connectivity index (χ1n) is 7.42. The van der Waals surface area contributed by atoms with E-state index < -0.39 is 28.7 Å². The summed E-state index contributed by atoms with van der Waals surface area (Å²) in [5.74, 6) is -2.50. The summed E-state index contributed by atoms with van der Waals surface area (Å²) < 4.78 is 18.3. The second kappa shape index (κ2) is 8.06. The predicted molar refractivity (Wildman–Crippen MR) is 88.6 cm³/mol. The number of benzene rings is 2. The van der Waals surface area contributed by atoms with Gasteiger partial charge >= 0.3 is 5.97 Å². The SMILES string of the molecule is COc1ccc([N+](=O)[O-])cc1C[C@H](NC(=O)c1cccc(F)c1)C(=O)O. The molecule has 0 aliphatic carbocycles. The molecule has 1 atom stereocenters. The van der Waals surface area contributed by atoms with Crippen molar-refractivity contribution in [1.82, 2.24) is 5.32 Å². The number of nitro benzene ring substituents is 1. The fourth-order valence-corrected chi connectivity index (χ4v) is 2.33. The second-order valence-corrected chi connectivity index (χ2v) is 5.33. The van der Waals surface area contributed by atoms with Crippen LogP contribution in [-0.2, 0) is 11.2 Å². The van der Waals surface area contributed by atoms with Crippen LogP contribution in [0.2, 0.25) is 0 Å². The lowest BCUT2D eigenvalue weighted by atomic mass is 10.0. The molecule has 0 saturated heterocycles. The maximum Gasteiger partial charge on any atom is 0.326 e. The number of halogens is 1. The number of amides is 1. The standard InChI is InChI=1S/C17H15FN2O6/c1-26-15-6-5-13(20(24)25)8-11(15)9-14(17(22)23)19-16(21)10-3-2-4-12(18)7-10/h2-8,14H,9H2,1H3,(H,19,21)(H,22,23)/t14-/m0/s1. The smallest absolute Gasteiger partial charge is 0.326 e. The highest BCUT2D eigenvalue weighted by Gasteiger charge is 2.24. The quantitative estimate of drug-likeness (QED) is 0.575. The zero-order chi connectivity index (χ0) is 19.3. The average Bonchev–Trinajstić information content (AvgIpc) is 2.60. The number of hydrogen-bond donors (Lipinski definition) is 2. The molecule has 0 aromatic heterocycles. The molecule has 0 radical (unpaired) electrons. The monoisotopic (exact) mass is 362 g/mol. The zero-order valence-corrected chi connectivity index (χ0v) is 13.6. The van der Waals surface area contributed by atoms with E-state index in [9.17, 15) is 29.2 Å². The van der Waals surface area contributed by atoms with Crippen LogP contribution in [0.3, 0.4) is 0 Å². The molecule has 0 saturated carbocycles. The van der Waals surface area contributed by atoms with E-state index in [1.807, 2.05) is 0 Å². The van der Waals surface area contributed by atoms with Crippen LogP contribution in [0.5, 0.6) is 5.75 Å². The third kappa shape index (κ3) is 4.53. The van der Waals surface area contributed by atoms with Crippen LogP contribution >= 0.6 is 0 Å². The lowest BCUT2D eigenvalue weighted by molar-refractivity contribution is -0.384. The van der Waals surface area contributed by atoms with Gasteiger partial charge < -0.3 is 15.2 Å². The molecule has 0 spiro atoms. The number of non-ortho nitro benzene ring substituents is 1. The number of carboxylic acid groups (broad SMARTS) is 1.